The molecule has 0 aromatic carbocycles. The van der Waals surface area contributed by atoms with Crippen LogP contribution in [-0.4, -0.2) is 39.9 Å². The van der Waals surface area contributed by atoms with Gasteiger partial charge in [-0.3, -0.25) is 9.48 Å². The molecule has 1 aromatic rings. The summed E-state index contributed by atoms with van der Waals surface area (Å²) < 4.78 is 38.6. The molecule has 0 fully saturated rings. The van der Waals surface area contributed by atoms with Crippen LogP contribution >= 0.6 is 11.6 Å². The summed E-state index contributed by atoms with van der Waals surface area (Å²) in [6.45, 7) is 3.51. The van der Waals surface area contributed by atoms with E-state index in [0.29, 0.717) is 21.3 Å². The van der Waals surface area contributed by atoms with Crippen molar-refractivity contribution in [1.29, 1.82) is 0 Å². The predicted molar refractivity (Wildman–Crippen MR) is 74.8 cm³/mol. The van der Waals surface area contributed by atoms with Crippen molar-refractivity contribution in [2.24, 2.45) is 7.05 Å². The first-order valence-corrected chi connectivity index (χ1v) is 6.37. The van der Waals surface area contributed by atoms with E-state index in [0.717, 1.165) is 6.08 Å². The molecule has 0 aliphatic carbocycles. The molecule has 1 amide bonds. The fourth-order valence-electron chi connectivity index (χ4n) is 1.70. The number of rotatable bonds is 5. The second kappa shape index (κ2) is 6.80. The Balaban J connectivity index is 2.90. The van der Waals surface area contributed by atoms with Crippen LogP contribution in [0.25, 0.3) is 6.08 Å². The van der Waals surface area contributed by atoms with Crippen LogP contribution in [0.4, 0.5) is 13.2 Å². The summed E-state index contributed by atoms with van der Waals surface area (Å²) in [6, 6.07) is 0. The van der Waals surface area contributed by atoms with Gasteiger partial charge in [0.25, 0.3) is 0 Å². The Morgan fingerprint density at radius 1 is 1.52 bits per heavy atom. The maximum atomic E-state index is 12.4. The fourth-order valence-corrected chi connectivity index (χ4v) is 1.94. The van der Waals surface area contributed by atoms with E-state index >= 15 is 0 Å². The molecule has 8 heteroatoms. The van der Waals surface area contributed by atoms with Gasteiger partial charge in [-0.2, -0.15) is 18.3 Å². The molecule has 0 spiro atoms. The van der Waals surface area contributed by atoms with Gasteiger partial charge in [0, 0.05) is 25.2 Å². The maximum absolute atomic E-state index is 12.4. The zero-order valence-corrected chi connectivity index (χ0v) is 12.4. The van der Waals surface area contributed by atoms with Crippen molar-refractivity contribution in [2.45, 2.75) is 13.1 Å². The van der Waals surface area contributed by atoms with Crippen molar-refractivity contribution >= 4 is 23.6 Å². The van der Waals surface area contributed by atoms with Crippen molar-refractivity contribution in [2.75, 3.05) is 13.1 Å². The summed E-state index contributed by atoms with van der Waals surface area (Å²) in [7, 11) is 1.63. The number of hydrogen-bond donors (Lipinski definition) is 0. The van der Waals surface area contributed by atoms with Crippen molar-refractivity contribution in [1.82, 2.24) is 14.7 Å². The molecule has 0 unspecified atom stereocenters. The molecule has 0 aliphatic rings. The smallest absolute Gasteiger partial charge is 0.326 e. The molecular formula is C13H15ClF3N3O. The highest BCUT2D eigenvalue weighted by atomic mass is 35.5. The molecule has 0 saturated carbocycles. The minimum Gasteiger partial charge on any atom is -0.326 e. The Morgan fingerprint density at radius 3 is 2.57 bits per heavy atom. The largest absolute Gasteiger partial charge is 0.406 e. The Hall–Kier alpha value is -1.76. The monoisotopic (exact) mass is 321 g/mol. The first kappa shape index (κ1) is 17.3. The van der Waals surface area contributed by atoms with Crippen molar-refractivity contribution < 1.29 is 18.0 Å². The third-order valence-corrected chi connectivity index (χ3v) is 3.07. The first-order valence-electron chi connectivity index (χ1n) is 5.99. The number of alkyl halides is 3. The summed E-state index contributed by atoms with van der Waals surface area (Å²) >= 11 is 5.97. The highest BCUT2D eigenvalue weighted by Gasteiger charge is 2.31. The molecule has 1 heterocycles. The van der Waals surface area contributed by atoms with Crippen LogP contribution in [0.15, 0.2) is 18.7 Å². The van der Waals surface area contributed by atoms with E-state index in [1.807, 2.05) is 0 Å². The van der Waals surface area contributed by atoms with E-state index in [1.54, 1.807) is 14.0 Å². The van der Waals surface area contributed by atoms with Crippen LogP contribution in [0.3, 0.4) is 0 Å². The quantitative estimate of drug-likeness (QED) is 0.617. The van der Waals surface area contributed by atoms with E-state index in [4.69, 9.17) is 11.6 Å². The molecule has 0 saturated heterocycles. The number of carbonyl (C=O) groups is 1. The number of aromatic nitrogens is 2. The number of nitrogens with zero attached hydrogens (tertiary/aromatic N) is 3. The Kier molecular flexibility index (Phi) is 5.60. The average molecular weight is 322 g/mol. The van der Waals surface area contributed by atoms with Crippen LogP contribution in [0.5, 0.6) is 0 Å². The molecule has 116 valence electrons. The van der Waals surface area contributed by atoms with Gasteiger partial charge >= 0.3 is 6.18 Å². The maximum Gasteiger partial charge on any atom is 0.406 e. The summed E-state index contributed by atoms with van der Waals surface area (Å²) in [5.74, 6) is -0.772. The second-order valence-corrected chi connectivity index (χ2v) is 4.73. The topological polar surface area (TPSA) is 38.1 Å². The zero-order chi connectivity index (χ0) is 16.2. The van der Waals surface area contributed by atoms with Crippen molar-refractivity contribution in [3.8, 4) is 0 Å². The molecule has 0 atom stereocenters. The van der Waals surface area contributed by atoms with Gasteiger partial charge in [0.1, 0.15) is 11.7 Å². The minimum absolute atomic E-state index is 0.192. The molecule has 1 rings (SSSR count). The van der Waals surface area contributed by atoms with E-state index < -0.39 is 18.6 Å². The predicted octanol–water partition coefficient (Wildman–Crippen LogP) is 2.97. The van der Waals surface area contributed by atoms with Crippen molar-refractivity contribution in [3.63, 3.8) is 0 Å². The van der Waals surface area contributed by atoms with E-state index in [2.05, 4.69) is 11.7 Å². The van der Waals surface area contributed by atoms with Gasteiger partial charge in [0.05, 0.1) is 5.69 Å². The average Bonchev–Trinajstić information content (AvgIpc) is 2.59. The molecular weight excluding hydrogens is 307 g/mol. The third kappa shape index (κ3) is 4.93. The lowest BCUT2D eigenvalue weighted by molar-refractivity contribution is -0.157. The van der Waals surface area contributed by atoms with Crippen LogP contribution < -0.4 is 0 Å². The van der Waals surface area contributed by atoms with Crippen LogP contribution in [0.1, 0.15) is 11.3 Å². The standard InChI is InChI=1S/C13H15ClF3N3O/c1-4-7-20(8-13(15,16)17)11(21)6-5-10-9(2)18-19(3)12(10)14/h4-6H,1,7-8H2,2-3H3/b6-5+. The highest BCUT2D eigenvalue weighted by Crippen LogP contribution is 2.21. The van der Waals surface area contributed by atoms with Gasteiger partial charge in [0.2, 0.25) is 5.91 Å². The van der Waals surface area contributed by atoms with Crippen LogP contribution in [0, 0.1) is 6.92 Å². The van der Waals surface area contributed by atoms with E-state index in [1.165, 1.54) is 16.8 Å². The summed E-state index contributed by atoms with van der Waals surface area (Å²) in [5.41, 5.74) is 1.08. The number of carbonyl (C=O) groups excluding carboxylic acids is 1. The lowest BCUT2D eigenvalue weighted by Gasteiger charge is -2.20. The lowest BCUT2D eigenvalue weighted by Crippen LogP contribution is -2.38. The van der Waals surface area contributed by atoms with Crippen molar-refractivity contribution in [3.05, 3.63) is 35.1 Å². The lowest BCUT2D eigenvalue weighted by atomic mass is 10.2. The van der Waals surface area contributed by atoms with Gasteiger partial charge in [-0.15, -0.1) is 6.58 Å². The van der Waals surface area contributed by atoms with Gasteiger partial charge in [-0.05, 0) is 13.0 Å². The molecule has 21 heavy (non-hydrogen) atoms. The van der Waals surface area contributed by atoms with Gasteiger partial charge in [-0.1, -0.05) is 17.7 Å². The molecule has 0 radical (unpaired) electrons. The SMILES string of the molecule is C=CCN(CC(F)(F)F)C(=O)/C=C/c1c(C)nn(C)c1Cl. The number of aryl methyl sites for hydroxylation is 2. The fraction of sp³-hybridized carbons (Fsp3) is 0.385. The number of amides is 1. The van der Waals surface area contributed by atoms with E-state index in [-0.39, 0.29) is 6.54 Å². The second-order valence-electron chi connectivity index (χ2n) is 4.37. The molecule has 0 aliphatic heterocycles. The Bertz CT molecular complexity index is 564. The third-order valence-electron chi connectivity index (χ3n) is 2.62. The van der Waals surface area contributed by atoms with Crippen LogP contribution in [-0.2, 0) is 11.8 Å². The Morgan fingerprint density at radius 2 is 2.14 bits per heavy atom. The van der Waals surface area contributed by atoms with Gasteiger partial charge in [-0.25, -0.2) is 0 Å². The molecule has 0 N–H and O–H groups in total. The highest BCUT2D eigenvalue weighted by molar-refractivity contribution is 6.31. The van der Waals surface area contributed by atoms with Gasteiger partial charge in [0.15, 0.2) is 0 Å². The minimum atomic E-state index is -4.46. The Labute approximate surface area is 125 Å². The zero-order valence-electron chi connectivity index (χ0n) is 11.6. The van der Waals surface area contributed by atoms with Crippen LogP contribution in [0.2, 0.25) is 5.15 Å². The summed E-state index contributed by atoms with van der Waals surface area (Å²) in [4.78, 5) is 12.5. The number of halogens is 4. The number of hydrogen-bond acceptors (Lipinski definition) is 2. The summed E-state index contributed by atoms with van der Waals surface area (Å²) in [5, 5.41) is 4.35. The molecule has 4 nitrogen and oxygen atoms in total. The summed E-state index contributed by atoms with van der Waals surface area (Å²) in [6.07, 6.45) is -0.821. The molecule has 1 aromatic heterocycles. The van der Waals surface area contributed by atoms with Gasteiger partial charge < -0.3 is 4.90 Å². The molecule has 0 bridgehead atoms. The normalized spacial score (nSPS) is 11.9. The van der Waals surface area contributed by atoms with E-state index in [9.17, 15) is 18.0 Å². The first-order chi connectivity index (χ1) is 9.65.